The molecule has 0 radical (unpaired) electrons. The lowest BCUT2D eigenvalue weighted by Crippen LogP contribution is -2.11. The lowest BCUT2D eigenvalue weighted by molar-refractivity contribution is -0.137. The molecule has 3 nitrogen and oxygen atoms in total. The molecule has 0 aromatic heterocycles. The van der Waals surface area contributed by atoms with Crippen molar-refractivity contribution in [1.29, 1.82) is 0 Å². The predicted octanol–water partition coefficient (Wildman–Crippen LogP) is 5.02. The molecule has 1 amide bonds. The number of benzene rings is 2. The van der Waals surface area contributed by atoms with E-state index < -0.39 is 17.6 Å². The van der Waals surface area contributed by atoms with Crippen molar-refractivity contribution < 1.29 is 22.7 Å². The number of carbonyl (C=O) groups excluding carboxylic acids is 1. The SMILES string of the molecule is COc1ccc(/C=C/C(=O)Nc2cc(C(F)(F)F)ccc2Cl)cc1. The van der Waals surface area contributed by atoms with Crippen LogP contribution < -0.4 is 10.1 Å². The van der Waals surface area contributed by atoms with Crippen molar-refractivity contribution in [2.75, 3.05) is 12.4 Å². The Balaban J connectivity index is 2.10. The van der Waals surface area contributed by atoms with Crippen molar-refractivity contribution >= 4 is 29.3 Å². The number of halogens is 4. The van der Waals surface area contributed by atoms with Crippen molar-refractivity contribution in [3.8, 4) is 5.75 Å². The van der Waals surface area contributed by atoms with Crippen LogP contribution in [-0.2, 0) is 11.0 Å². The average Bonchev–Trinajstić information content (AvgIpc) is 2.54. The number of hydrogen-bond acceptors (Lipinski definition) is 2. The molecule has 0 bridgehead atoms. The average molecular weight is 356 g/mol. The first kappa shape index (κ1) is 17.9. The fourth-order valence-electron chi connectivity index (χ4n) is 1.86. The molecule has 0 atom stereocenters. The Bertz CT molecular complexity index is 755. The molecule has 0 aliphatic carbocycles. The van der Waals surface area contributed by atoms with Crippen LogP contribution in [0.4, 0.5) is 18.9 Å². The first-order chi connectivity index (χ1) is 11.3. The van der Waals surface area contributed by atoms with E-state index in [9.17, 15) is 18.0 Å². The highest BCUT2D eigenvalue weighted by molar-refractivity contribution is 6.33. The van der Waals surface area contributed by atoms with E-state index in [1.165, 1.54) is 19.3 Å². The van der Waals surface area contributed by atoms with Crippen molar-refractivity contribution in [2.24, 2.45) is 0 Å². The van der Waals surface area contributed by atoms with Gasteiger partial charge in [-0.2, -0.15) is 13.2 Å². The zero-order valence-electron chi connectivity index (χ0n) is 12.5. The molecule has 0 unspecified atom stereocenters. The van der Waals surface area contributed by atoms with Gasteiger partial charge in [-0.1, -0.05) is 23.7 Å². The van der Waals surface area contributed by atoms with Crippen molar-refractivity contribution in [3.05, 3.63) is 64.7 Å². The number of nitrogens with one attached hydrogen (secondary N) is 1. The molecule has 0 aliphatic heterocycles. The molecule has 0 aliphatic rings. The van der Waals surface area contributed by atoms with Crippen LogP contribution in [0.3, 0.4) is 0 Å². The molecule has 2 aromatic carbocycles. The minimum absolute atomic E-state index is 0.0224. The summed E-state index contributed by atoms with van der Waals surface area (Å²) in [6.07, 6.45) is -1.78. The molecule has 0 spiro atoms. The molecule has 0 fully saturated rings. The second-order valence-electron chi connectivity index (χ2n) is 4.79. The third-order valence-electron chi connectivity index (χ3n) is 3.09. The van der Waals surface area contributed by atoms with Gasteiger partial charge in [-0.3, -0.25) is 4.79 Å². The monoisotopic (exact) mass is 355 g/mol. The third kappa shape index (κ3) is 4.76. The zero-order valence-corrected chi connectivity index (χ0v) is 13.3. The molecule has 2 rings (SSSR count). The van der Waals surface area contributed by atoms with Gasteiger partial charge in [0.05, 0.1) is 23.4 Å². The maximum atomic E-state index is 12.7. The van der Waals surface area contributed by atoms with Gasteiger partial charge in [0, 0.05) is 6.08 Å². The summed E-state index contributed by atoms with van der Waals surface area (Å²) in [4.78, 5) is 11.9. The summed E-state index contributed by atoms with van der Waals surface area (Å²) in [5.74, 6) is 0.0828. The first-order valence-corrected chi connectivity index (χ1v) is 7.17. The molecule has 1 N–H and O–H groups in total. The van der Waals surface area contributed by atoms with E-state index in [2.05, 4.69) is 5.32 Å². The highest BCUT2D eigenvalue weighted by atomic mass is 35.5. The van der Waals surface area contributed by atoms with Crippen LogP contribution in [0.5, 0.6) is 5.75 Å². The molecule has 0 heterocycles. The maximum Gasteiger partial charge on any atom is 0.416 e. The van der Waals surface area contributed by atoms with E-state index in [1.807, 2.05) is 0 Å². The highest BCUT2D eigenvalue weighted by Crippen LogP contribution is 2.33. The Labute approximate surface area is 141 Å². The highest BCUT2D eigenvalue weighted by Gasteiger charge is 2.31. The van der Waals surface area contributed by atoms with E-state index in [1.54, 1.807) is 24.3 Å². The largest absolute Gasteiger partial charge is 0.497 e. The van der Waals surface area contributed by atoms with Crippen LogP contribution in [0.15, 0.2) is 48.5 Å². The van der Waals surface area contributed by atoms with Crippen molar-refractivity contribution in [3.63, 3.8) is 0 Å². The Hall–Kier alpha value is -2.47. The number of rotatable bonds is 4. The molecule has 24 heavy (non-hydrogen) atoms. The molecule has 2 aromatic rings. The number of carbonyl (C=O) groups is 1. The summed E-state index contributed by atoms with van der Waals surface area (Å²) in [5.41, 5.74) is -0.252. The third-order valence-corrected chi connectivity index (χ3v) is 3.42. The van der Waals surface area contributed by atoms with Crippen LogP contribution in [0, 0.1) is 0 Å². The van der Waals surface area contributed by atoms with Gasteiger partial charge >= 0.3 is 6.18 Å². The van der Waals surface area contributed by atoms with Crippen LogP contribution in [0.2, 0.25) is 5.02 Å². The van der Waals surface area contributed by atoms with Gasteiger partial charge in [-0.15, -0.1) is 0 Å². The van der Waals surface area contributed by atoms with Gasteiger partial charge < -0.3 is 10.1 Å². The van der Waals surface area contributed by atoms with Gasteiger partial charge in [0.1, 0.15) is 5.75 Å². The summed E-state index contributed by atoms with van der Waals surface area (Å²) in [6.45, 7) is 0. The van der Waals surface area contributed by atoms with E-state index in [4.69, 9.17) is 16.3 Å². The van der Waals surface area contributed by atoms with Crippen molar-refractivity contribution in [2.45, 2.75) is 6.18 Å². The molecule has 0 saturated carbocycles. The number of alkyl halides is 3. The summed E-state index contributed by atoms with van der Waals surface area (Å²) >= 11 is 5.82. The Kier molecular flexibility index (Phi) is 5.51. The number of anilines is 1. The normalized spacial score (nSPS) is 11.5. The smallest absolute Gasteiger partial charge is 0.416 e. The van der Waals surface area contributed by atoms with Crippen LogP contribution in [-0.4, -0.2) is 13.0 Å². The van der Waals surface area contributed by atoms with Gasteiger partial charge in [-0.05, 0) is 42.0 Å². The number of hydrogen-bond donors (Lipinski definition) is 1. The van der Waals surface area contributed by atoms with E-state index in [-0.39, 0.29) is 10.7 Å². The van der Waals surface area contributed by atoms with Crippen LogP contribution >= 0.6 is 11.6 Å². The predicted molar refractivity (Wildman–Crippen MR) is 87.1 cm³/mol. The topological polar surface area (TPSA) is 38.3 Å². The Morgan fingerprint density at radius 2 is 1.83 bits per heavy atom. The minimum Gasteiger partial charge on any atom is -0.497 e. The minimum atomic E-state index is -4.51. The lowest BCUT2D eigenvalue weighted by atomic mass is 10.2. The molecule has 126 valence electrons. The second-order valence-corrected chi connectivity index (χ2v) is 5.20. The first-order valence-electron chi connectivity index (χ1n) is 6.79. The number of methoxy groups -OCH3 is 1. The number of ether oxygens (including phenoxy) is 1. The summed E-state index contributed by atoms with van der Waals surface area (Å²) in [6, 6.07) is 9.65. The van der Waals surface area contributed by atoms with E-state index in [0.29, 0.717) is 5.75 Å². The molecular weight excluding hydrogens is 343 g/mol. The Morgan fingerprint density at radius 1 is 1.17 bits per heavy atom. The number of amides is 1. The molecular formula is C17H13ClF3NO2. The lowest BCUT2D eigenvalue weighted by Gasteiger charge is -2.10. The van der Waals surface area contributed by atoms with Crippen LogP contribution in [0.1, 0.15) is 11.1 Å². The van der Waals surface area contributed by atoms with E-state index >= 15 is 0 Å². The van der Waals surface area contributed by atoms with Gasteiger partial charge in [0.25, 0.3) is 0 Å². The molecule has 7 heteroatoms. The van der Waals surface area contributed by atoms with Crippen LogP contribution in [0.25, 0.3) is 6.08 Å². The second kappa shape index (κ2) is 7.40. The summed E-state index contributed by atoms with van der Waals surface area (Å²) in [7, 11) is 1.54. The standard InChI is InChI=1S/C17H13ClF3NO2/c1-24-13-6-2-11(3-7-13)4-9-16(23)22-15-10-12(17(19,20)21)5-8-14(15)18/h2-10H,1H3,(H,22,23)/b9-4+. The quantitative estimate of drug-likeness (QED) is 0.782. The van der Waals surface area contributed by atoms with E-state index in [0.717, 1.165) is 23.8 Å². The fourth-order valence-corrected chi connectivity index (χ4v) is 2.02. The molecule has 0 saturated heterocycles. The summed E-state index contributed by atoms with van der Waals surface area (Å²) in [5, 5.41) is 2.36. The maximum absolute atomic E-state index is 12.7. The van der Waals surface area contributed by atoms with Gasteiger partial charge in [0.2, 0.25) is 5.91 Å². The van der Waals surface area contributed by atoms with Crippen molar-refractivity contribution in [1.82, 2.24) is 0 Å². The zero-order chi connectivity index (χ0) is 17.7. The van der Waals surface area contributed by atoms with Gasteiger partial charge in [0.15, 0.2) is 0 Å². The Morgan fingerprint density at radius 3 is 2.42 bits per heavy atom. The van der Waals surface area contributed by atoms with Gasteiger partial charge in [-0.25, -0.2) is 0 Å². The summed E-state index contributed by atoms with van der Waals surface area (Å²) < 4.78 is 43.1. The fraction of sp³-hybridized carbons (Fsp3) is 0.118.